The molecule has 0 heterocycles. The maximum absolute atomic E-state index is 12.6. The SMILES string of the molecule is C=CC(=O)OCCCCOc1ccc(C(=O)Oc2ccc(OC(=O)c3ccc(OCCCC)cc3)c(C)c2)cc1. The fourth-order valence-corrected chi connectivity index (χ4v) is 3.46. The van der Waals surface area contributed by atoms with Gasteiger partial charge in [0.1, 0.15) is 23.0 Å². The number of rotatable bonds is 15. The third-order valence-electron chi connectivity index (χ3n) is 5.72. The number of carbonyl (C=O) groups excluding carboxylic acids is 3. The molecule has 8 heteroatoms. The lowest BCUT2D eigenvalue weighted by atomic mass is 10.2. The molecule has 3 rings (SSSR count). The number of unbranched alkanes of at least 4 members (excludes halogenated alkanes) is 2. The van der Waals surface area contributed by atoms with Gasteiger partial charge in [0.2, 0.25) is 0 Å². The Labute approximate surface area is 234 Å². The second-order valence-corrected chi connectivity index (χ2v) is 8.88. The quantitative estimate of drug-likeness (QED) is 0.0922. The molecular weight excluding hydrogens is 512 g/mol. The van der Waals surface area contributed by atoms with Crippen molar-refractivity contribution in [1.82, 2.24) is 0 Å². The van der Waals surface area contributed by atoms with E-state index in [0.29, 0.717) is 72.4 Å². The molecule has 0 saturated heterocycles. The summed E-state index contributed by atoms with van der Waals surface area (Å²) in [5, 5.41) is 0. The van der Waals surface area contributed by atoms with Crippen molar-refractivity contribution in [2.45, 2.75) is 39.5 Å². The Balaban J connectivity index is 1.47. The molecule has 40 heavy (non-hydrogen) atoms. The van der Waals surface area contributed by atoms with Crippen LogP contribution in [0.15, 0.2) is 79.4 Å². The van der Waals surface area contributed by atoms with Gasteiger partial charge in [0.25, 0.3) is 0 Å². The van der Waals surface area contributed by atoms with E-state index in [9.17, 15) is 14.4 Å². The van der Waals surface area contributed by atoms with Crippen molar-refractivity contribution in [2.24, 2.45) is 0 Å². The van der Waals surface area contributed by atoms with Crippen LogP contribution in [0.2, 0.25) is 0 Å². The molecule has 0 aromatic heterocycles. The molecule has 0 radical (unpaired) electrons. The molecule has 0 fully saturated rings. The van der Waals surface area contributed by atoms with Crippen LogP contribution in [0.1, 0.15) is 58.9 Å². The summed E-state index contributed by atoms with van der Waals surface area (Å²) >= 11 is 0. The first-order valence-corrected chi connectivity index (χ1v) is 13.2. The van der Waals surface area contributed by atoms with Crippen LogP contribution < -0.4 is 18.9 Å². The van der Waals surface area contributed by atoms with Gasteiger partial charge in [0.15, 0.2) is 0 Å². The molecule has 0 atom stereocenters. The first-order valence-electron chi connectivity index (χ1n) is 13.2. The number of benzene rings is 3. The number of esters is 3. The first-order chi connectivity index (χ1) is 19.4. The third-order valence-corrected chi connectivity index (χ3v) is 5.72. The minimum absolute atomic E-state index is 0.310. The standard InChI is InChI=1S/C32H34O8/c1-4-6-19-36-26-15-11-25(12-16-26)32(35)40-29-18-17-28(22-23(29)3)39-31(34)24-9-13-27(14-10-24)37-20-7-8-21-38-30(33)5-2/h5,9-18,22H,2,4,6-8,19-21H2,1,3H3. The molecule has 0 unspecified atom stereocenters. The van der Waals surface area contributed by atoms with Crippen molar-refractivity contribution in [1.29, 1.82) is 0 Å². The molecule has 3 aromatic rings. The fraction of sp³-hybridized carbons (Fsp3) is 0.281. The van der Waals surface area contributed by atoms with Crippen molar-refractivity contribution in [3.8, 4) is 23.0 Å². The topological polar surface area (TPSA) is 97.4 Å². The van der Waals surface area contributed by atoms with Crippen molar-refractivity contribution in [2.75, 3.05) is 19.8 Å². The summed E-state index contributed by atoms with van der Waals surface area (Å²) in [6.07, 6.45) is 4.52. The molecule has 0 saturated carbocycles. The molecule has 210 valence electrons. The van der Waals surface area contributed by atoms with Gasteiger partial charge < -0.3 is 23.7 Å². The summed E-state index contributed by atoms with van der Waals surface area (Å²) in [6, 6.07) is 18.2. The lowest BCUT2D eigenvalue weighted by molar-refractivity contribution is -0.137. The lowest BCUT2D eigenvalue weighted by Crippen LogP contribution is -2.10. The Kier molecular flexibility index (Phi) is 11.8. The molecule has 0 amide bonds. The van der Waals surface area contributed by atoms with Crippen molar-refractivity contribution in [3.05, 3.63) is 96.1 Å². The van der Waals surface area contributed by atoms with E-state index in [0.717, 1.165) is 18.9 Å². The Morgan fingerprint density at radius 2 is 1.23 bits per heavy atom. The summed E-state index contributed by atoms with van der Waals surface area (Å²) in [5.41, 5.74) is 1.40. The molecule has 3 aromatic carbocycles. The van der Waals surface area contributed by atoms with Gasteiger partial charge in [-0.1, -0.05) is 19.9 Å². The molecule has 0 aliphatic carbocycles. The van der Waals surface area contributed by atoms with Crippen LogP contribution in [0.4, 0.5) is 0 Å². The highest BCUT2D eigenvalue weighted by Gasteiger charge is 2.14. The molecule has 0 bridgehead atoms. The zero-order valence-electron chi connectivity index (χ0n) is 22.9. The zero-order chi connectivity index (χ0) is 28.7. The van der Waals surface area contributed by atoms with Crippen LogP contribution in [0.3, 0.4) is 0 Å². The van der Waals surface area contributed by atoms with E-state index in [4.69, 9.17) is 23.7 Å². The van der Waals surface area contributed by atoms with E-state index in [1.165, 1.54) is 0 Å². The second-order valence-electron chi connectivity index (χ2n) is 8.88. The number of hydrogen-bond donors (Lipinski definition) is 0. The van der Waals surface area contributed by atoms with Crippen LogP contribution in [0.25, 0.3) is 0 Å². The molecule has 0 spiro atoms. The van der Waals surface area contributed by atoms with Crippen molar-refractivity contribution < 1.29 is 38.1 Å². The van der Waals surface area contributed by atoms with E-state index < -0.39 is 17.9 Å². The van der Waals surface area contributed by atoms with Gasteiger partial charge >= 0.3 is 17.9 Å². The van der Waals surface area contributed by atoms with E-state index >= 15 is 0 Å². The summed E-state index contributed by atoms with van der Waals surface area (Å²) in [7, 11) is 0. The monoisotopic (exact) mass is 546 g/mol. The highest BCUT2D eigenvalue weighted by molar-refractivity contribution is 5.92. The molecular formula is C32H34O8. The van der Waals surface area contributed by atoms with Gasteiger partial charge in [-0.25, -0.2) is 14.4 Å². The number of carbonyl (C=O) groups is 3. The van der Waals surface area contributed by atoms with Crippen LogP contribution in [0.5, 0.6) is 23.0 Å². The maximum atomic E-state index is 12.6. The van der Waals surface area contributed by atoms with Crippen LogP contribution in [0, 0.1) is 6.92 Å². The second kappa shape index (κ2) is 15.7. The minimum atomic E-state index is -0.527. The molecule has 0 N–H and O–H groups in total. The first kappa shape index (κ1) is 30.0. The predicted molar refractivity (Wildman–Crippen MR) is 150 cm³/mol. The molecule has 0 aliphatic heterocycles. The zero-order valence-corrected chi connectivity index (χ0v) is 22.9. The Morgan fingerprint density at radius 1 is 0.700 bits per heavy atom. The summed E-state index contributed by atoms with van der Waals surface area (Å²) in [5.74, 6) is 0.549. The summed E-state index contributed by atoms with van der Waals surface area (Å²) in [6.45, 7) is 8.59. The van der Waals surface area contributed by atoms with Gasteiger partial charge in [-0.2, -0.15) is 0 Å². The largest absolute Gasteiger partial charge is 0.494 e. The Hall–Kier alpha value is -4.59. The number of hydrogen-bond acceptors (Lipinski definition) is 8. The van der Waals surface area contributed by atoms with E-state index in [-0.39, 0.29) is 0 Å². The highest BCUT2D eigenvalue weighted by Crippen LogP contribution is 2.26. The van der Waals surface area contributed by atoms with E-state index in [1.54, 1.807) is 73.7 Å². The van der Waals surface area contributed by atoms with Crippen LogP contribution >= 0.6 is 0 Å². The average molecular weight is 547 g/mol. The highest BCUT2D eigenvalue weighted by atomic mass is 16.5. The van der Waals surface area contributed by atoms with Crippen molar-refractivity contribution in [3.63, 3.8) is 0 Å². The molecule has 0 aliphatic rings. The molecule has 8 nitrogen and oxygen atoms in total. The van der Waals surface area contributed by atoms with Gasteiger partial charge in [-0.05, 0) is 98.5 Å². The van der Waals surface area contributed by atoms with Crippen LogP contribution in [-0.2, 0) is 9.53 Å². The maximum Gasteiger partial charge on any atom is 0.343 e. The van der Waals surface area contributed by atoms with E-state index in [1.807, 2.05) is 0 Å². The predicted octanol–water partition coefficient (Wildman–Crippen LogP) is 6.50. The average Bonchev–Trinajstić information content (AvgIpc) is 2.96. The lowest BCUT2D eigenvalue weighted by Gasteiger charge is -2.11. The van der Waals surface area contributed by atoms with E-state index in [2.05, 4.69) is 13.5 Å². The summed E-state index contributed by atoms with van der Waals surface area (Å²) < 4.78 is 27.2. The Bertz CT molecular complexity index is 1280. The minimum Gasteiger partial charge on any atom is -0.494 e. The van der Waals surface area contributed by atoms with Gasteiger partial charge in [-0.15, -0.1) is 0 Å². The Morgan fingerprint density at radius 3 is 1.77 bits per heavy atom. The fourth-order valence-electron chi connectivity index (χ4n) is 3.46. The van der Waals surface area contributed by atoms with Gasteiger partial charge in [0.05, 0.1) is 30.9 Å². The summed E-state index contributed by atoms with van der Waals surface area (Å²) in [4.78, 5) is 36.2. The van der Waals surface area contributed by atoms with Gasteiger partial charge in [-0.3, -0.25) is 0 Å². The van der Waals surface area contributed by atoms with Crippen LogP contribution in [-0.4, -0.2) is 37.7 Å². The third kappa shape index (κ3) is 9.62. The van der Waals surface area contributed by atoms with Crippen molar-refractivity contribution >= 4 is 17.9 Å². The smallest absolute Gasteiger partial charge is 0.343 e. The van der Waals surface area contributed by atoms with Gasteiger partial charge in [0, 0.05) is 6.08 Å². The number of aryl methyl sites for hydroxylation is 1. The number of ether oxygens (including phenoxy) is 5. The normalized spacial score (nSPS) is 10.3.